The van der Waals surface area contributed by atoms with Crippen LogP contribution in [-0.4, -0.2) is 34.8 Å². The van der Waals surface area contributed by atoms with E-state index in [-0.39, 0.29) is 42.1 Å². The maximum absolute atomic E-state index is 7.57. The first-order valence-corrected chi connectivity index (χ1v) is 1.02. The normalized spacial score (nSPS) is 3.60. The van der Waals surface area contributed by atoms with Crippen LogP contribution < -0.4 is 12.4 Å². The molecule has 0 aliphatic carbocycles. The van der Waals surface area contributed by atoms with Crippen molar-refractivity contribution in [3.05, 3.63) is 0 Å². The summed E-state index contributed by atoms with van der Waals surface area (Å²) in [6.07, 6.45) is 0. The molecule has 0 bridgehead atoms. The molecule has 0 aromatic heterocycles. The molecule has 28 valence electrons. The van der Waals surface area contributed by atoms with Crippen LogP contribution in [0.5, 0.6) is 0 Å². The molecular formula is C2H6ClMgO+. The Balaban J connectivity index is -0.0000000200. The van der Waals surface area contributed by atoms with Crippen molar-refractivity contribution in [3.63, 3.8) is 0 Å². The summed E-state index contributed by atoms with van der Waals surface area (Å²) in [4.78, 5) is 0. The van der Waals surface area contributed by atoms with Crippen molar-refractivity contribution in [2.45, 2.75) is 6.92 Å². The molecule has 1 nitrogen and oxygen atoms in total. The van der Waals surface area contributed by atoms with Gasteiger partial charge in [-0.05, 0) is 6.92 Å². The van der Waals surface area contributed by atoms with Gasteiger partial charge in [0.25, 0.3) is 0 Å². The van der Waals surface area contributed by atoms with Gasteiger partial charge < -0.3 is 17.5 Å². The van der Waals surface area contributed by atoms with Crippen molar-refractivity contribution in [2.75, 3.05) is 6.61 Å². The first-order valence-electron chi connectivity index (χ1n) is 1.02. The second-order valence-electron chi connectivity index (χ2n) is 0.316. The minimum Gasteiger partial charge on any atom is -1.00 e. The fourth-order valence-corrected chi connectivity index (χ4v) is 0. The standard InChI is InChI=1S/C2H6O.ClH.Mg/c1-2-3;;/h3H,2H2,1H3;1H;/q;;+2/p-1. The van der Waals surface area contributed by atoms with Gasteiger partial charge in [0.1, 0.15) is 0 Å². The Morgan fingerprint density at radius 3 is 1.60 bits per heavy atom. The van der Waals surface area contributed by atoms with Gasteiger partial charge in [-0.15, -0.1) is 0 Å². The van der Waals surface area contributed by atoms with Gasteiger partial charge in [-0.1, -0.05) is 0 Å². The maximum atomic E-state index is 7.57. The van der Waals surface area contributed by atoms with Gasteiger partial charge in [0.15, 0.2) is 0 Å². The zero-order valence-corrected chi connectivity index (χ0v) is 5.41. The molecule has 0 radical (unpaired) electrons. The molecule has 0 aliphatic rings. The predicted molar refractivity (Wildman–Crippen MR) is 18.5 cm³/mol. The molecule has 3 heteroatoms. The largest absolute Gasteiger partial charge is 2.00 e. The molecule has 0 saturated carbocycles. The molecule has 0 aromatic carbocycles. The molecule has 0 aliphatic heterocycles. The second kappa shape index (κ2) is 19.9. The van der Waals surface area contributed by atoms with Crippen LogP contribution in [0.4, 0.5) is 0 Å². The third kappa shape index (κ3) is 44.2. The maximum Gasteiger partial charge on any atom is 2.00 e. The minimum absolute atomic E-state index is 0. The number of aliphatic hydroxyl groups excluding tert-OH is 1. The number of rotatable bonds is 0. The molecule has 0 spiro atoms. The van der Waals surface area contributed by atoms with E-state index in [9.17, 15) is 0 Å². The summed E-state index contributed by atoms with van der Waals surface area (Å²) in [6, 6.07) is 0. The third-order valence-corrected chi connectivity index (χ3v) is 0. The van der Waals surface area contributed by atoms with Gasteiger partial charge >= 0.3 is 23.1 Å². The molecule has 0 fully saturated rings. The Bertz CT molecular complexity index is 9.61. The number of hydrogen-bond acceptors (Lipinski definition) is 1. The van der Waals surface area contributed by atoms with E-state index in [0.29, 0.717) is 0 Å². The zero-order chi connectivity index (χ0) is 2.71. The number of aliphatic hydroxyl groups is 1. The van der Waals surface area contributed by atoms with E-state index in [1.165, 1.54) is 0 Å². The second-order valence-corrected chi connectivity index (χ2v) is 0.316. The molecule has 0 heterocycles. The van der Waals surface area contributed by atoms with Gasteiger partial charge in [-0.3, -0.25) is 0 Å². The number of halogens is 1. The summed E-state index contributed by atoms with van der Waals surface area (Å²) >= 11 is 0. The van der Waals surface area contributed by atoms with Crippen LogP contribution >= 0.6 is 0 Å². The topological polar surface area (TPSA) is 20.2 Å². The van der Waals surface area contributed by atoms with E-state index < -0.39 is 0 Å². The number of hydrogen-bond donors (Lipinski definition) is 1. The zero-order valence-electron chi connectivity index (χ0n) is 3.24. The molecule has 0 unspecified atom stereocenters. The smallest absolute Gasteiger partial charge is 1.00 e. The summed E-state index contributed by atoms with van der Waals surface area (Å²) in [6.45, 7) is 1.93. The Labute approximate surface area is 54.3 Å². The fraction of sp³-hybridized carbons (Fsp3) is 1.00. The van der Waals surface area contributed by atoms with E-state index >= 15 is 0 Å². The Morgan fingerprint density at radius 2 is 1.60 bits per heavy atom. The van der Waals surface area contributed by atoms with Crippen LogP contribution in [0.1, 0.15) is 6.92 Å². The van der Waals surface area contributed by atoms with Crippen LogP contribution in [0.15, 0.2) is 0 Å². The molecule has 0 aromatic rings. The van der Waals surface area contributed by atoms with Crippen LogP contribution in [0, 0.1) is 0 Å². The average molecular weight is 106 g/mol. The summed E-state index contributed by atoms with van der Waals surface area (Å²) in [7, 11) is 0. The summed E-state index contributed by atoms with van der Waals surface area (Å²) in [5.74, 6) is 0. The molecule has 5 heavy (non-hydrogen) atoms. The van der Waals surface area contributed by atoms with Crippen molar-refractivity contribution < 1.29 is 17.5 Å². The molecule has 0 atom stereocenters. The molecule has 0 rings (SSSR count). The fourth-order valence-electron chi connectivity index (χ4n) is 0. The van der Waals surface area contributed by atoms with Crippen molar-refractivity contribution >= 4 is 23.1 Å². The van der Waals surface area contributed by atoms with Crippen molar-refractivity contribution in [1.82, 2.24) is 0 Å². The molecular weight excluding hydrogens is 99.8 g/mol. The van der Waals surface area contributed by atoms with Crippen molar-refractivity contribution in [3.8, 4) is 0 Å². The van der Waals surface area contributed by atoms with Crippen LogP contribution in [-0.2, 0) is 0 Å². The molecule has 0 amide bonds. The van der Waals surface area contributed by atoms with Crippen LogP contribution in [0.2, 0.25) is 0 Å². The van der Waals surface area contributed by atoms with Crippen LogP contribution in [0.25, 0.3) is 0 Å². The Hall–Kier alpha value is 1.02. The Morgan fingerprint density at radius 1 is 1.60 bits per heavy atom. The predicted octanol–water partition coefficient (Wildman–Crippen LogP) is -3.38. The van der Waals surface area contributed by atoms with Crippen molar-refractivity contribution in [2.24, 2.45) is 0 Å². The molecule has 1 N–H and O–H groups in total. The monoisotopic (exact) mass is 105 g/mol. The average Bonchev–Trinajstić information content (AvgIpc) is 0.918. The van der Waals surface area contributed by atoms with Gasteiger partial charge in [0.2, 0.25) is 0 Å². The van der Waals surface area contributed by atoms with Gasteiger partial charge in [-0.25, -0.2) is 0 Å². The van der Waals surface area contributed by atoms with Crippen LogP contribution in [0.3, 0.4) is 0 Å². The molecule has 0 saturated heterocycles. The SMILES string of the molecule is CCO.[Cl-].[Mg+2]. The first-order chi connectivity index (χ1) is 1.41. The van der Waals surface area contributed by atoms with Crippen molar-refractivity contribution in [1.29, 1.82) is 0 Å². The summed E-state index contributed by atoms with van der Waals surface area (Å²) < 4.78 is 0. The van der Waals surface area contributed by atoms with Gasteiger partial charge in [0.05, 0.1) is 0 Å². The van der Waals surface area contributed by atoms with E-state index in [0.717, 1.165) is 0 Å². The van der Waals surface area contributed by atoms with E-state index in [4.69, 9.17) is 5.11 Å². The quantitative estimate of drug-likeness (QED) is 0.319. The van der Waals surface area contributed by atoms with Gasteiger partial charge in [-0.2, -0.15) is 0 Å². The van der Waals surface area contributed by atoms with Gasteiger partial charge in [0, 0.05) is 6.61 Å². The Kier molecular flexibility index (Phi) is 66.2. The first kappa shape index (κ1) is 16.6. The van der Waals surface area contributed by atoms with E-state index in [1.54, 1.807) is 6.92 Å². The summed E-state index contributed by atoms with van der Waals surface area (Å²) in [5, 5.41) is 7.57. The van der Waals surface area contributed by atoms with E-state index in [2.05, 4.69) is 0 Å². The minimum atomic E-state index is 0. The van der Waals surface area contributed by atoms with E-state index in [1.807, 2.05) is 0 Å². The third-order valence-electron chi connectivity index (χ3n) is 0. The summed E-state index contributed by atoms with van der Waals surface area (Å²) in [5.41, 5.74) is 0.